The van der Waals surface area contributed by atoms with Crippen LogP contribution in [0.3, 0.4) is 0 Å². The first kappa shape index (κ1) is 16.4. The fourth-order valence-electron chi connectivity index (χ4n) is 2.15. The Morgan fingerprint density at radius 3 is 2.52 bits per heavy atom. The highest BCUT2D eigenvalue weighted by molar-refractivity contribution is 5.90. The first-order valence-corrected chi connectivity index (χ1v) is 7.26. The minimum atomic E-state index is -1.08. The van der Waals surface area contributed by atoms with Crippen LogP contribution in [0.1, 0.15) is 0 Å². The number of nitrogens with one attached hydrogen (secondary N) is 1. The van der Waals surface area contributed by atoms with Crippen LogP contribution < -0.4 is 10.9 Å². The summed E-state index contributed by atoms with van der Waals surface area (Å²) in [6, 6.07) is 9.27. The molecule has 1 N–H and O–H groups in total. The number of nitrogens with zero attached hydrogens (tertiary/aromatic N) is 3. The number of pyridine rings is 1. The zero-order valence-corrected chi connectivity index (χ0v) is 12.8. The average molecular weight is 342 g/mol. The van der Waals surface area contributed by atoms with Crippen LogP contribution in [0.4, 0.5) is 14.5 Å². The van der Waals surface area contributed by atoms with Crippen molar-refractivity contribution in [2.75, 3.05) is 5.32 Å². The molecule has 6 nitrogen and oxygen atoms in total. The maximum atomic E-state index is 13.2. The molecule has 25 heavy (non-hydrogen) atoms. The van der Waals surface area contributed by atoms with E-state index in [1.165, 1.54) is 12.1 Å². The first-order valence-electron chi connectivity index (χ1n) is 7.26. The molecule has 0 aliphatic carbocycles. The Morgan fingerprint density at radius 2 is 1.80 bits per heavy atom. The Labute approximate surface area is 140 Å². The molecule has 0 unspecified atom stereocenters. The maximum Gasteiger partial charge on any atom is 0.267 e. The van der Waals surface area contributed by atoms with Gasteiger partial charge >= 0.3 is 0 Å². The van der Waals surface area contributed by atoms with E-state index in [4.69, 9.17) is 0 Å². The number of benzene rings is 1. The normalized spacial score (nSPS) is 10.5. The van der Waals surface area contributed by atoms with Gasteiger partial charge in [-0.25, -0.2) is 13.5 Å². The summed E-state index contributed by atoms with van der Waals surface area (Å²) in [6.07, 6.45) is 3.17. The van der Waals surface area contributed by atoms with Gasteiger partial charge in [-0.15, -0.1) is 0 Å². The molecule has 3 rings (SSSR count). The predicted molar refractivity (Wildman–Crippen MR) is 86.7 cm³/mol. The largest absolute Gasteiger partial charge is 0.324 e. The highest BCUT2D eigenvalue weighted by Crippen LogP contribution is 2.14. The Morgan fingerprint density at radius 1 is 1.04 bits per heavy atom. The van der Waals surface area contributed by atoms with Crippen LogP contribution in [-0.4, -0.2) is 20.7 Å². The summed E-state index contributed by atoms with van der Waals surface area (Å²) < 4.78 is 27.0. The quantitative estimate of drug-likeness (QED) is 0.789. The van der Waals surface area contributed by atoms with Crippen molar-refractivity contribution in [3.05, 3.63) is 76.8 Å². The molecule has 0 bridgehead atoms. The number of aromatic nitrogens is 3. The molecule has 1 aromatic carbocycles. The molecule has 0 saturated carbocycles. The van der Waals surface area contributed by atoms with Crippen molar-refractivity contribution in [2.45, 2.75) is 6.54 Å². The number of anilines is 1. The molecule has 2 aromatic heterocycles. The zero-order valence-electron chi connectivity index (χ0n) is 12.8. The van der Waals surface area contributed by atoms with Crippen molar-refractivity contribution >= 4 is 11.6 Å². The van der Waals surface area contributed by atoms with E-state index in [2.05, 4.69) is 15.4 Å². The van der Waals surface area contributed by atoms with E-state index in [9.17, 15) is 18.4 Å². The standard InChI is InChI=1S/C17H12F2N4O2/c18-13-2-1-12(9-14(13)19)21-16(24)10-23-17(25)4-3-15(22-23)11-5-7-20-8-6-11/h1-9H,10H2,(H,21,24). The van der Waals surface area contributed by atoms with Gasteiger partial charge in [-0.2, -0.15) is 5.10 Å². The zero-order chi connectivity index (χ0) is 17.8. The number of carbonyl (C=O) groups excluding carboxylic acids is 1. The minimum Gasteiger partial charge on any atom is -0.324 e. The fourth-order valence-corrected chi connectivity index (χ4v) is 2.15. The van der Waals surface area contributed by atoms with Crippen molar-refractivity contribution in [3.63, 3.8) is 0 Å². The average Bonchev–Trinajstić information content (AvgIpc) is 2.61. The van der Waals surface area contributed by atoms with E-state index in [1.807, 2.05) is 0 Å². The van der Waals surface area contributed by atoms with Gasteiger partial charge in [0.1, 0.15) is 6.54 Å². The van der Waals surface area contributed by atoms with Crippen LogP contribution in [0, 0.1) is 11.6 Å². The summed E-state index contributed by atoms with van der Waals surface area (Å²) in [7, 11) is 0. The lowest BCUT2D eigenvalue weighted by Crippen LogP contribution is -2.29. The summed E-state index contributed by atoms with van der Waals surface area (Å²) in [5.41, 5.74) is 0.868. The minimum absolute atomic E-state index is 0.0854. The second kappa shape index (κ2) is 7.00. The van der Waals surface area contributed by atoms with E-state index in [-0.39, 0.29) is 12.2 Å². The van der Waals surface area contributed by atoms with Gasteiger partial charge < -0.3 is 5.32 Å². The molecule has 0 saturated heterocycles. The Hall–Kier alpha value is -3.42. The highest BCUT2D eigenvalue weighted by atomic mass is 19.2. The lowest BCUT2D eigenvalue weighted by atomic mass is 10.2. The third kappa shape index (κ3) is 3.92. The molecule has 1 amide bonds. The molecule has 0 fully saturated rings. The van der Waals surface area contributed by atoms with E-state index in [0.29, 0.717) is 5.69 Å². The first-order chi connectivity index (χ1) is 12.0. The van der Waals surface area contributed by atoms with Gasteiger partial charge in [-0.1, -0.05) is 0 Å². The van der Waals surface area contributed by atoms with E-state index in [1.54, 1.807) is 30.6 Å². The van der Waals surface area contributed by atoms with Crippen LogP contribution in [-0.2, 0) is 11.3 Å². The molecule has 0 aliphatic rings. The fraction of sp³-hybridized carbons (Fsp3) is 0.0588. The molecule has 0 radical (unpaired) electrons. The summed E-state index contributed by atoms with van der Waals surface area (Å²) in [4.78, 5) is 27.8. The number of hydrogen-bond donors (Lipinski definition) is 1. The van der Waals surface area contributed by atoms with E-state index >= 15 is 0 Å². The van der Waals surface area contributed by atoms with E-state index < -0.39 is 23.1 Å². The summed E-state index contributed by atoms with van der Waals surface area (Å²) in [6.45, 7) is -0.364. The maximum absolute atomic E-state index is 13.2. The number of amides is 1. The van der Waals surface area contributed by atoms with Gasteiger partial charge in [0, 0.05) is 35.8 Å². The number of hydrogen-bond acceptors (Lipinski definition) is 4. The van der Waals surface area contributed by atoms with Crippen molar-refractivity contribution in [1.82, 2.24) is 14.8 Å². The molecule has 0 spiro atoms. The van der Waals surface area contributed by atoms with Crippen LogP contribution in [0.2, 0.25) is 0 Å². The van der Waals surface area contributed by atoms with Crippen molar-refractivity contribution < 1.29 is 13.6 Å². The van der Waals surface area contributed by atoms with Gasteiger partial charge in [0.2, 0.25) is 5.91 Å². The Balaban J connectivity index is 1.79. The van der Waals surface area contributed by atoms with Crippen LogP contribution >= 0.6 is 0 Å². The van der Waals surface area contributed by atoms with Gasteiger partial charge in [0.25, 0.3) is 5.56 Å². The summed E-state index contributed by atoms with van der Waals surface area (Å²) in [5, 5.41) is 6.53. The topological polar surface area (TPSA) is 76.9 Å². The predicted octanol–water partition coefficient (Wildman–Crippen LogP) is 2.22. The number of carbonyl (C=O) groups is 1. The van der Waals surface area contributed by atoms with Crippen LogP contribution in [0.5, 0.6) is 0 Å². The van der Waals surface area contributed by atoms with Crippen LogP contribution in [0.25, 0.3) is 11.3 Å². The third-order valence-electron chi connectivity index (χ3n) is 3.34. The van der Waals surface area contributed by atoms with Gasteiger partial charge in [-0.3, -0.25) is 14.6 Å². The molecule has 2 heterocycles. The van der Waals surface area contributed by atoms with Gasteiger partial charge in [0.15, 0.2) is 11.6 Å². The van der Waals surface area contributed by atoms with E-state index in [0.717, 1.165) is 22.4 Å². The molecule has 126 valence electrons. The van der Waals surface area contributed by atoms with Gasteiger partial charge in [0.05, 0.1) is 5.69 Å². The third-order valence-corrected chi connectivity index (χ3v) is 3.34. The van der Waals surface area contributed by atoms with Crippen molar-refractivity contribution in [1.29, 1.82) is 0 Å². The monoisotopic (exact) mass is 342 g/mol. The lowest BCUT2D eigenvalue weighted by molar-refractivity contribution is -0.117. The number of halogens is 2. The molecular weight excluding hydrogens is 330 g/mol. The molecular formula is C17H12F2N4O2. The molecule has 0 atom stereocenters. The SMILES string of the molecule is O=C(Cn1nc(-c2ccncc2)ccc1=O)Nc1ccc(F)c(F)c1. The molecule has 0 aliphatic heterocycles. The smallest absolute Gasteiger partial charge is 0.267 e. The second-order valence-corrected chi connectivity index (χ2v) is 5.13. The van der Waals surface area contributed by atoms with Gasteiger partial charge in [-0.05, 0) is 30.3 Å². The van der Waals surface area contributed by atoms with Crippen molar-refractivity contribution in [3.8, 4) is 11.3 Å². The highest BCUT2D eigenvalue weighted by Gasteiger charge is 2.10. The lowest BCUT2D eigenvalue weighted by Gasteiger charge is -2.08. The molecule has 8 heteroatoms. The summed E-state index contributed by atoms with van der Waals surface area (Å²) >= 11 is 0. The Kier molecular flexibility index (Phi) is 4.60. The second-order valence-electron chi connectivity index (χ2n) is 5.13. The van der Waals surface area contributed by atoms with Crippen molar-refractivity contribution in [2.24, 2.45) is 0 Å². The Bertz CT molecular complexity index is 974. The van der Waals surface area contributed by atoms with Crippen LogP contribution in [0.15, 0.2) is 59.7 Å². The summed E-state index contributed by atoms with van der Waals surface area (Å²) in [5.74, 6) is -2.68. The molecule has 3 aromatic rings. The number of rotatable bonds is 4.